The Morgan fingerprint density at radius 3 is 2.85 bits per heavy atom. The van der Waals surface area contributed by atoms with Gasteiger partial charge in [-0.3, -0.25) is 0 Å². The summed E-state index contributed by atoms with van der Waals surface area (Å²) in [5.74, 6) is 0.314. The van der Waals surface area contributed by atoms with Gasteiger partial charge in [0.05, 0.1) is 13.2 Å². The van der Waals surface area contributed by atoms with Crippen LogP contribution >= 0.6 is 0 Å². The summed E-state index contributed by atoms with van der Waals surface area (Å²) in [5, 5.41) is 0. The maximum atomic E-state index is 11.3. The average Bonchev–Trinajstić information content (AvgIpc) is 2.94. The van der Waals surface area contributed by atoms with Crippen LogP contribution in [0.1, 0.15) is 39.9 Å². The first kappa shape index (κ1) is 14.3. The summed E-state index contributed by atoms with van der Waals surface area (Å²) in [7, 11) is 1.32. The highest BCUT2D eigenvalue weighted by atomic mass is 16.5. The molecule has 0 bridgehead atoms. The molecular weight excluding hydrogens is 254 g/mol. The van der Waals surface area contributed by atoms with Crippen molar-refractivity contribution in [3.63, 3.8) is 0 Å². The molecular formula is C16H19NO3. The second-order valence-electron chi connectivity index (χ2n) is 4.83. The van der Waals surface area contributed by atoms with Crippen molar-refractivity contribution >= 4 is 5.97 Å². The Hall–Kier alpha value is -2.07. The van der Waals surface area contributed by atoms with Crippen molar-refractivity contribution in [2.45, 2.75) is 25.8 Å². The maximum absolute atomic E-state index is 11.3. The number of rotatable bonds is 5. The number of ether oxygens (including phenoxy) is 1. The highest BCUT2D eigenvalue weighted by molar-refractivity contribution is 5.86. The predicted octanol–water partition coefficient (Wildman–Crippen LogP) is 3.01. The topological polar surface area (TPSA) is 65.5 Å². The highest BCUT2D eigenvalue weighted by Crippen LogP contribution is 2.20. The van der Waals surface area contributed by atoms with Crippen molar-refractivity contribution in [3.05, 3.63) is 59.0 Å². The van der Waals surface area contributed by atoms with E-state index in [9.17, 15) is 4.79 Å². The lowest BCUT2D eigenvalue weighted by atomic mass is 10.0. The molecule has 2 rings (SSSR count). The Kier molecular flexibility index (Phi) is 4.58. The molecule has 1 aromatic carbocycles. The molecule has 0 spiro atoms. The number of hydrogen-bond donors (Lipinski definition) is 1. The molecule has 106 valence electrons. The Bertz CT molecular complexity index is 589. The van der Waals surface area contributed by atoms with E-state index >= 15 is 0 Å². The maximum Gasteiger partial charge on any atom is 0.373 e. The molecule has 1 aromatic heterocycles. The molecule has 0 fully saturated rings. The summed E-state index contributed by atoms with van der Waals surface area (Å²) in [4.78, 5) is 11.3. The Morgan fingerprint density at radius 2 is 2.15 bits per heavy atom. The number of hydrogen-bond acceptors (Lipinski definition) is 4. The molecule has 0 aliphatic rings. The van der Waals surface area contributed by atoms with Gasteiger partial charge in [-0.15, -0.1) is 0 Å². The van der Waals surface area contributed by atoms with Crippen molar-refractivity contribution in [3.8, 4) is 0 Å². The number of nitrogens with two attached hydrogens (primary N) is 1. The number of carbonyl (C=O) groups is 1. The van der Waals surface area contributed by atoms with Gasteiger partial charge in [-0.1, -0.05) is 29.8 Å². The SMILES string of the molecule is COC(=O)c1ccc(C(N)CCc2cccc(C)c2)o1. The third-order valence-corrected chi connectivity index (χ3v) is 3.21. The van der Waals surface area contributed by atoms with Gasteiger partial charge in [-0.25, -0.2) is 4.79 Å². The molecule has 1 heterocycles. The van der Waals surface area contributed by atoms with Gasteiger partial charge in [0.15, 0.2) is 0 Å². The van der Waals surface area contributed by atoms with E-state index in [2.05, 4.69) is 29.9 Å². The molecule has 4 nitrogen and oxygen atoms in total. The van der Waals surface area contributed by atoms with Gasteiger partial charge in [-0.2, -0.15) is 0 Å². The van der Waals surface area contributed by atoms with Crippen molar-refractivity contribution < 1.29 is 13.9 Å². The third-order valence-electron chi connectivity index (χ3n) is 3.21. The zero-order valence-electron chi connectivity index (χ0n) is 11.8. The van der Waals surface area contributed by atoms with Crippen molar-refractivity contribution in [2.24, 2.45) is 5.73 Å². The highest BCUT2D eigenvalue weighted by Gasteiger charge is 2.15. The van der Waals surface area contributed by atoms with Gasteiger partial charge < -0.3 is 14.9 Å². The summed E-state index contributed by atoms with van der Waals surface area (Å²) < 4.78 is 10.0. The Labute approximate surface area is 118 Å². The van der Waals surface area contributed by atoms with Crippen LogP contribution in [0.3, 0.4) is 0 Å². The lowest BCUT2D eigenvalue weighted by molar-refractivity contribution is 0.0562. The van der Waals surface area contributed by atoms with Crippen LogP contribution in [0.4, 0.5) is 0 Å². The standard InChI is InChI=1S/C16H19NO3/c1-11-4-3-5-12(10-11)6-7-13(17)14-8-9-15(20-14)16(18)19-2/h3-5,8-10,13H,6-7,17H2,1-2H3. The summed E-state index contributed by atoms with van der Waals surface area (Å²) in [6, 6.07) is 11.4. The molecule has 20 heavy (non-hydrogen) atoms. The normalized spacial score (nSPS) is 12.2. The fourth-order valence-electron chi connectivity index (χ4n) is 2.09. The Balaban J connectivity index is 1.96. The van der Waals surface area contributed by atoms with Gasteiger partial charge in [0.25, 0.3) is 0 Å². The van der Waals surface area contributed by atoms with Crippen LogP contribution in [0.2, 0.25) is 0 Å². The van der Waals surface area contributed by atoms with E-state index in [0.29, 0.717) is 5.76 Å². The quantitative estimate of drug-likeness (QED) is 0.850. The third kappa shape index (κ3) is 3.48. The molecule has 2 aromatic rings. The molecule has 1 atom stereocenters. The van der Waals surface area contributed by atoms with Crippen molar-refractivity contribution in [1.29, 1.82) is 0 Å². The van der Waals surface area contributed by atoms with E-state index < -0.39 is 5.97 Å². The summed E-state index contributed by atoms with van der Waals surface area (Å²) in [5.41, 5.74) is 8.58. The van der Waals surface area contributed by atoms with Gasteiger partial charge in [0.1, 0.15) is 5.76 Å². The van der Waals surface area contributed by atoms with Gasteiger partial charge in [0.2, 0.25) is 5.76 Å². The molecule has 0 saturated carbocycles. The smallest absolute Gasteiger partial charge is 0.373 e. The second kappa shape index (κ2) is 6.39. The van der Waals surface area contributed by atoms with E-state index in [1.165, 1.54) is 18.2 Å². The van der Waals surface area contributed by atoms with E-state index in [-0.39, 0.29) is 11.8 Å². The number of carbonyl (C=O) groups excluding carboxylic acids is 1. The van der Waals surface area contributed by atoms with E-state index in [1.54, 1.807) is 12.1 Å². The van der Waals surface area contributed by atoms with Gasteiger partial charge in [0, 0.05) is 0 Å². The van der Waals surface area contributed by atoms with Crippen LogP contribution in [0, 0.1) is 6.92 Å². The zero-order chi connectivity index (χ0) is 14.5. The van der Waals surface area contributed by atoms with Crippen LogP contribution in [-0.4, -0.2) is 13.1 Å². The number of esters is 1. The summed E-state index contributed by atoms with van der Waals surface area (Å²) in [6.07, 6.45) is 1.63. The van der Waals surface area contributed by atoms with Gasteiger partial charge in [-0.05, 0) is 37.5 Å². The molecule has 2 N–H and O–H groups in total. The Morgan fingerprint density at radius 1 is 1.35 bits per heavy atom. The molecule has 0 saturated heterocycles. The number of benzene rings is 1. The molecule has 0 aliphatic carbocycles. The lowest BCUT2D eigenvalue weighted by Crippen LogP contribution is -2.10. The van der Waals surface area contributed by atoms with Crippen molar-refractivity contribution in [1.82, 2.24) is 0 Å². The second-order valence-corrected chi connectivity index (χ2v) is 4.83. The predicted molar refractivity (Wildman–Crippen MR) is 76.5 cm³/mol. The molecule has 0 amide bonds. The number of methoxy groups -OCH3 is 1. The summed E-state index contributed by atoms with van der Waals surface area (Å²) in [6.45, 7) is 2.07. The van der Waals surface area contributed by atoms with Crippen molar-refractivity contribution in [2.75, 3.05) is 7.11 Å². The molecule has 1 unspecified atom stereocenters. The first-order chi connectivity index (χ1) is 9.60. The molecule has 0 aliphatic heterocycles. The molecule has 4 heteroatoms. The fraction of sp³-hybridized carbons (Fsp3) is 0.312. The minimum Gasteiger partial charge on any atom is -0.463 e. The van der Waals surface area contributed by atoms with E-state index in [4.69, 9.17) is 10.2 Å². The summed E-state index contributed by atoms with van der Waals surface area (Å²) >= 11 is 0. The minimum atomic E-state index is -0.484. The fourth-order valence-corrected chi connectivity index (χ4v) is 2.09. The number of furan rings is 1. The van der Waals surface area contributed by atoms with E-state index in [1.807, 2.05) is 6.07 Å². The monoisotopic (exact) mass is 273 g/mol. The van der Waals surface area contributed by atoms with Crippen LogP contribution in [0.5, 0.6) is 0 Å². The first-order valence-corrected chi connectivity index (χ1v) is 6.59. The minimum absolute atomic E-state index is 0.188. The number of aryl methyl sites for hydroxylation is 2. The van der Waals surface area contributed by atoms with Crippen LogP contribution in [-0.2, 0) is 11.2 Å². The van der Waals surface area contributed by atoms with Gasteiger partial charge >= 0.3 is 5.97 Å². The average molecular weight is 273 g/mol. The van der Waals surface area contributed by atoms with Crippen LogP contribution < -0.4 is 5.73 Å². The van der Waals surface area contributed by atoms with Crippen LogP contribution in [0.15, 0.2) is 40.8 Å². The van der Waals surface area contributed by atoms with E-state index in [0.717, 1.165) is 12.8 Å². The molecule has 0 radical (unpaired) electrons. The lowest BCUT2D eigenvalue weighted by Gasteiger charge is -2.09. The largest absolute Gasteiger partial charge is 0.463 e. The zero-order valence-corrected chi connectivity index (χ0v) is 11.8. The first-order valence-electron chi connectivity index (χ1n) is 6.59. The van der Waals surface area contributed by atoms with Crippen LogP contribution in [0.25, 0.3) is 0 Å².